The second-order valence-electron chi connectivity index (χ2n) is 4.85. The summed E-state index contributed by atoms with van der Waals surface area (Å²) in [7, 11) is 0. The van der Waals surface area contributed by atoms with E-state index in [2.05, 4.69) is 15.9 Å². The lowest BCUT2D eigenvalue weighted by molar-refractivity contribution is -0.124. The third kappa shape index (κ3) is 2.60. The van der Waals surface area contributed by atoms with E-state index in [1.54, 1.807) is 11.0 Å². The van der Waals surface area contributed by atoms with E-state index in [-0.39, 0.29) is 23.8 Å². The Balaban J connectivity index is 2.25. The fourth-order valence-corrected chi connectivity index (χ4v) is 3.29. The van der Waals surface area contributed by atoms with Crippen molar-refractivity contribution in [2.24, 2.45) is 0 Å². The molecular formula is C12H14BrNO2S. The van der Waals surface area contributed by atoms with E-state index >= 15 is 0 Å². The lowest BCUT2D eigenvalue weighted by Gasteiger charge is -2.41. The van der Waals surface area contributed by atoms with Crippen LogP contribution in [0.5, 0.6) is 0 Å². The largest absolute Gasteiger partial charge is 0.325 e. The van der Waals surface area contributed by atoms with Crippen LogP contribution in [0.2, 0.25) is 0 Å². The van der Waals surface area contributed by atoms with Gasteiger partial charge in [0.05, 0.1) is 15.2 Å². The van der Waals surface area contributed by atoms with Crippen molar-refractivity contribution >= 4 is 39.0 Å². The Morgan fingerprint density at radius 3 is 2.76 bits per heavy atom. The van der Waals surface area contributed by atoms with E-state index in [0.29, 0.717) is 11.3 Å². The molecule has 17 heavy (non-hydrogen) atoms. The first-order valence-corrected chi connectivity index (χ1v) is 7.10. The molecule has 3 nitrogen and oxygen atoms in total. The second kappa shape index (κ2) is 4.53. The van der Waals surface area contributed by atoms with Crippen molar-refractivity contribution in [1.29, 1.82) is 0 Å². The number of amides is 1. The van der Waals surface area contributed by atoms with E-state index in [4.69, 9.17) is 0 Å². The number of hydrogen-bond acceptors (Lipinski definition) is 3. The van der Waals surface area contributed by atoms with E-state index < -0.39 is 0 Å². The molecule has 0 saturated carbocycles. The summed E-state index contributed by atoms with van der Waals surface area (Å²) in [6.07, 6.45) is 1.31. The summed E-state index contributed by atoms with van der Waals surface area (Å²) >= 11 is 4.75. The van der Waals surface area contributed by atoms with Gasteiger partial charge in [-0.2, -0.15) is 0 Å². The molecule has 1 aromatic heterocycles. The summed E-state index contributed by atoms with van der Waals surface area (Å²) in [5, 5.41) is 0. The number of carbonyl (C=O) groups excluding carboxylic acids is 2. The zero-order valence-corrected chi connectivity index (χ0v) is 12.2. The average Bonchev–Trinajstić information content (AvgIpc) is 2.68. The van der Waals surface area contributed by atoms with Crippen LogP contribution in [0.3, 0.4) is 0 Å². The first-order valence-electron chi connectivity index (χ1n) is 5.49. The fourth-order valence-electron chi connectivity index (χ4n) is 1.96. The topological polar surface area (TPSA) is 37.4 Å². The summed E-state index contributed by atoms with van der Waals surface area (Å²) in [5.41, 5.74) is -0.235. The molecule has 0 radical (unpaired) electrons. The number of nitrogens with zero attached hydrogens (tertiary/aromatic N) is 1. The van der Waals surface area contributed by atoms with Gasteiger partial charge in [-0.15, -0.1) is 11.3 Å². The molecule has 2 heterocycles. The van der Waals surface area contributed by atoms with E-state index in [1.807, 2.05) is 19.9 Å². The number of piperidine rings is 1. The number of ketones is 1. The third-order valence-electron chi connectivity index (χ3n) is 3.11. The van der Waals surface area contributed by atoms with Crippen LogP contribution in [0.25, 0.3) is 0 Å². The van der Waals surface area contributed by atoms with Gasteiger partial charge in [0.2, 0.25) is 0 Å². The molecule has 0 N–H and O–H groups in total. The Labute approximate surface area is 113 Å². The average molecular weight is 316 g/mol. The molecule has 1 aliphatic heterocycles. The first kappa shape index (κ1) is 12.8. The molecular weight excluding hydrogens is 302 g/mol. The molecule has 1 amide bonds. The molecule has 92 valence electrons. The van der Waals surface area contributed by atoms with E-state index in [1.165, 1.54) is 11.3 Å². The Hall–Kier alpha value is -0.680. The van der Waals surface area contributed by atoms with Gasteiger partial charge >= 0.3 is 0 Å². The number of Topliss-reactive ketones (excluding diaryl/α,β-unsaturated/α-hetero) is 1. The Morgan fingerprint density at radius 1 is 1.47 bits per heavy atom. The molecule has 0 atom stereocenters. The number of carbonyl (C=O) groups is 2. The fraction of sp³-hybridized carbons (Fsp3) is 0.500. The lowest BCUT2D eigenvalue weighted by Crippen LogP contribution is -2.53. The molecule has 0 aliphatic carbocycles. The molecule has 0 unspecified atom stereocenters. The molecule has 1 saturated heterocycles. The van der Waals surface area contributed by atoms with Crippen molar-refractivity contribution in [2.75, 3.05) is 6.54 Å². The Morgan fingerprint density at radius 2 is 2.18 bits per heavy atom. The maximum Gasteiger partial charge on any atom is 0.264 e. The zero-order valence-electron chi connectivity index (χ0n) is 9.83. The lowest BCUT2D eigenvalue weighted by atomic mass is 9.89. The minimum atomic E-state index is -0.235. The van der Waals surface area contributed by atoms with Gasteiger partial charge in [0.15, 0.2) is 5.78 Å². The number of thiophene rings is 1. The predicted molar refractivity (Wildman–Crippen MR) is 71.4 cm³/mol. The van der Waals surface area contributed by atoms with Gasteiger partial charge < -0.3 is 4.90 Å². The van der Waals surface area contributed by atoms with Crippen molar-refractivity contribution in [3.63, 3.8) is 0 Å². The minimum Gasteiger partial charge on any atom is -0.325 e. The van der Waals surface area contributed by atoms with Crippen molar-refractivity contribution in [3.05, 3.63) is 20.8 Å². The van der Waals surface area contributed by atoms with Crippen LogP contribution < -0.4 is 0 Å². The molecule has 1 aromatic rings. The quantitative estimate of drug-likeness (QED) is 0.798. The maximum atomic E-state index is 12.3. The number of rotatable bonds is 1. The van der Waals surface area contributed by atoms with Crippen LogP contribution in [-0.4, -0.2) is 28.7 Å². The minimum absolute atomic E-state index is 0.0428. The highest BCUT2D eigenvalue weighted by Crippen LogP contribution is 2.30. The molecule has 0 aromatic carbocycles. The van der Waals surface area contributed by atoms with Crippen LogP contribution in [0.1, 0.15) is 36.4 Å². The number of likely N-dealkylation sites (tertiary alicyclic amines) is 1. The number of hydrogen-bond donors (Lipinski definition) is 0. The van der Waals surface area contributed by atoms with Gasteiger partial charge in [-0.25, -0.2) is 0 Å². The molecule has 0 spiro atoms. The van der Waals surface area contributed by atoms with Crippen LogP contribution in [0.4, 0.5) is 0 Å². The van der Waals surface area contributed by atoms with Gasteiger partial charge in [-0.05, 0) is 48.3 Å². The normalized spacial score (nSPS) is 19.5. The van der Waals surface area contributed by atoms with Gasteiger partial charge in [0, 0.05) is 12.0 Å². The van der Waals surface area contributed by atoms with Gasteiger partial charge in [-0.1, -0.05) is 0 Å². The summed E-state index contributed by atoms with van der Waals surface area (Å²) in [6, 6.07) is 3.66. The Kier molecular flexibility index (Phi) is 3.41. The summed E-state index contributed by atoms with van der Waals surface area (Å²) in [4.78, 5) is 26.2. The molecule has 0 bridgehead atoms. The second-order valence-corrected chi connectivity index (χ2v) is 7.31. The highest BCUT2D eigenvalue weighted by molar-refractivity contribution is 9.11. The van der Waals surface area contributed by atoms with Gasteiger partial charge in [0.25, 0.3) is 5.91 Å². The predicted octanol–water partition coefficient (Wildman–Crippen LogP) is 3.09. The number of halogens is 1. The SMILES string of the molecule is CC1(C)CCC(=O)CN1C(=O)c1ccc(Br)s1. The molecule has 1 fully saturated rings. The summed E-state index contributed by atoms with van der Waals surface area (Å²) in [6.45, 7) is 4.27. The summed E-state index contributed by atoms with van der Waals surface area (Å²) < 4.78 is 0.932. The van der Waals surface area contributed by atoms with Gasteiger partial charge in [-0.3, -0.25) is 9.59 Å². The molecule has 2 rings (SSSR count). The standard InChI is InChI=1S/C12H14BrNO2S/c1-12(2)6-5-8(15)7-14(12)11(16)9-3-4-10(13)17-9/h3-4H,5-7H2,1-2H3. The Bertz CT molecular complexity index is 467. The van der Waals surface area contributed by atoms with Crippen LogP contribution in [0.15, 0.2) is 15.9 Å². The van der Waals surface area contributed by atoms with Crippen molar-refractivity contribution < 1.29 is 9.59 Å². The third-order valence-corrected chi connectivity index (χ3v) is 4.72. The van der Waals surface area contributed by atoms with Crippen molar-refractivity contribution in [2.45, 2.75) is 32.2 Å². The first-order chi connectivity index (χ1) is 7.90. The monoisotopic (exact) mass is 315 g/mol. The summed E-state index contributed by atoms with van der Waals surface area (Å²) in [5.74, 6) is 0.104. The van der Waals surface area contributed by atoms with Crippen molar-refractivity contribution in [3.8, 4) is 0 Å². The zero-order chi connectivity index (χ0) is 12.6. The van der Waals surface area contributed by atoms with Gasteiger partial charge in [0.1, 0.15) is 0 Å². The molecule has 1 aliphatic rings. The van der Waals surface area contributed by atoms with E-state index in [0.717, 1.165) is 10.2 Å². The highest BCUT2D eigenvalue weighted by Gasteiger charge is 2.37. The van der Waals surface area contributed by atoms with Crippen LogP contribution in [-0.2, 0) is 4.79 Å². The smallest absolute Gasteiger partial charge is 0.264 e. The van der Waals surface area contributed by atoms with Crippen molar-refractivity contribution in [1.82, 2.24) is 4.90 Å². The maximum absolute atomic E-state index is 12.3. The van der Waals surface area contributed by atoms with E-state index in [9.17, 15) is 9.59 Å². The molecule has 5 heteroatoms. The highest BCUT2D eigenvalue weighted by atomic mass is 79.9. The van der Waals surface area contributed by atoms with Crippen LogP contribution >= 0.6 is 27.3 Å². The van der Waals surface area contributed by atoms with Crippen LogP contribution in [0, 0.1) is 0 Å².